The van der Waals surface area contributed by atoms with Gasteiger partial charge in [-0.3, -0.25) is 0 Å². The lowest BCUT2D eigenvalue weighted by molar-refractivity contribution is -0.137. The van der Waals surface area contributed by atoms with Gasteiger partial charge in [0.25, 0.3) is 0 Å². The van der Waals surface area contributed by atoms with Gasteiger partial charge < -0.3 is 5.32 Å². The molecule has 1 heterocycles. The van der Waals surface area contributed by atoms with E-state index in [0.29, 0.717) is 11.3 Å². The fourth-order valence-electron chi connectivity index (χ4n) is 1.84. The molecule has 0 fully saturated rings. The first-order valence-electron chi connectivity index (χ1n) is 5.92. The van der Waals surface area contributed by atoms with E-state index in [9.17, 15) is 17.6 Å². The Balaban J connectivity index is 2.50. The van der Waals surface area contributed by atoms with Gasteiger partial charge in [0.1, 0.15) is 5.82 Å². The van der Waals surface area contributed by atoms with Gasteiger partial charge >= 0.3 is 6.18 Å². The number of rotatable bonds is 3. The lowest BCUT2D eigenvalue weighted by Crippen LogP contribution is -2.15. The molecule has 0 spiro atoms. The number of benzene rings is 1. The molecule has 1 N–H and O–H groups in total. The lowest BCUT2D eigenvalue weighted by atomic mass is 10.1. The molecule has 1 atom stereocenters. The van der Waals surface area contributed by atoms with E-state index in [-0.39, 0.29) is 6.04 Å². The summed E-state index contributed by atoms with van der Waals surface area (Å²) in [6, 6.07) is 3.66. The van der Waals surface area contributed by atoms with Crippen molar-refractivity contribution in [1.82, 2.24) is 15.1 Å². The van der Waals surface area contributed by atoms with Crippen LogP contribution in [-0.4, -0.2) is 16.8 Å². The van der Waals surface area contributed by atoms with Gasteiger partial charge in [0, 0.05) is 12.2 Å². The van der Waals surface area contributed by atoms with Crippen LogP contribution < -0.4 is 5.32 Å². The Morgan fingerprint density at radius 2 is 2.00 bits per heavy atom. The third-order valence-electron chi connectivity index (χ3n) is 3.05. The second-order valence-corrected chi connectivity index (χ2v) is 4.38. The third kappa shape index (κ3) is 2.82. The van der Waals surface area contributed by atoms with Crippen molar-refractivity contribution in [2.24, 2.45) is 0 Å². The largest absolute Gasteiger partial charge is 0.419 e. The van der Waals surface area contributed by atoms with E-state index in [4.69, 9.17) is 0 Å². The predicted octanol–water partition coefficient (Wildman–Crippen LogP) is 3.31. The van der Waals surface area contributed by atoms with Crippen molar-refractivity contribution < 1.29 is 17.6 Å². The quantitative estimate of drug-likeness (QED) is 0.878. The average molecular weight is 287 g/mol. The summed E-state index contributed by atoms with van der Waals surface area (Å²) in [7, 11) is 1.68. The van der Waals surface area contributed by atoms with E-state index in [2.05, 4.69) is 10.4 Å². The molecule has 0 aliphatic rings. The molecule has 108 valence electrons. The number of halogens is 4. The summed E-state index contributed by atoms with van der Waals surface area (Å²) in [5.74, 6) is -0.450. The maximum absolute atomic E-state index is 13.3. The van der Waals surface area contributed by atoms with Gasteiger partial charge in [0.05, 0.1) is 17.4 Å². The molecule has 3 nitrogen and oxygen atoms in total. The zero-order chi connectivity index (χ0) is 14.9. The molecular formula is C13H13F4N3. The second-order valence-electron chi connectivity index (χ2n) is 4.38. The molecule has 0 bridgehead atoms. The van der Waals surface area contributed by atoms with Crippen LogP contribution in [0.4, 0.5) is 17.6 Å². The maximum Gasteiger partial charge on any atom is 0.419 e. The Bertz CT molecular complexity index is 604. The van der Waals surface area contributed by atoms with Crippen LogP contribution in [0.2, 0.25) is 0 Å². The van der Waals surface area contributed by atoms with Gasteiger partial charge in [-0.1, -0.05) is 0 Å². The number of hydrogen-bond donors (Lipinski definition) is 1. The fraction of sp³-hybridized carbons (Fsp3) is 0.308. The molecule has 7 heteroatoms. The summed E-state index contributed by atoms with van der Waals surface area (Å²) in [5, 5.41) is 6.63. The topological polar surface area (TPSA) is 29.9 Å². The highest BCUT2D eigenvalue weighted by atomic mass is 19.4. The van der Waals surface area contributed by atoms with Gasteiger partial charge in [-0.15, -0.1) is 0 Å². The Labute approximate surface area is 113 Å². The Kier molecular flexibility index (Phi) is 3.80. The van der Waals surface area contributed by atoms with Gasteiger partial charge in [0.15, 0.2) is 0 Å². The molecule has 2 rings (SSSR count). The standard InChI is InChI=1S/C13H13F4N3/c1-8(18-2)11-5-10(14)3-4-12(11)20-7-9(6-19-20)13(15,16)17/h3-8,18H,1-2H3. The summed E-state index contributed by atoms with van der Waals surface area (Å²) < 4.78 is 52.2. The van der Waals surface area contributed by atoms with Crippen molar-refractivity contribution in [2.45, 2.75) is 19.1 Å². The number of alkyl halides is 3. The molecule has 0 amide bonds. The van der Waals surface area contributed by atoms with E-state index < -0.39 is 17.6 Å². The number of nitrogens with zero attached hydrogens (tertiary/aromatic N) is 2. The number of aromatic nitrogens is 2. The van der Waals surface area contributed by atoms with Gasteiger partial charge in [0.2, 0.25) is 0 Å². The van der Waals surface area contributed by atoms with Crippen LogP contribution in [0.25, 0.3) is 5.69 Å². The maximum atomic E-state index is 13.3. The number of hydrogen-bond acceptors (Lipinski definition) is 2. The molecule has 1 unspecified atom stereocenters. The summed E-state index contributed by atoms with van der Waals surface area (Å²) in [6.07, 6.45) is -2.82. The van der Waals surface area contributed by atoms with E-state index in [1.54, 1.807) is 14.0 Å². The summed E-state index contributed by atoms with van der Waals surface area (Å²) in [4.78, 5) is 0. The normalized spacial score (nSPS) is 13.5. The fourth-order valence-corrected chi connectivity index (χ4v) is 1.84. The first-order valence-corrected chi connectivity index (χ1v) is 5.92. The van der Waals surface area contributed by atoms with E-state index in [0.717, 1.165) is 17.1 Å². The average Bonchev–Trinajstić information content (AvgIpc) is 2.87. The Hall–Kier alpha value is -1.89. The minimum atomic E-state index is -4.45. The lowest BCUT2D eigenvalue weighted by Gasteiger charge is -2.16. The zero-order valence-corrected chi connectivity index (χ0v) is 10.9. The Morgan fingerprint density at radius 1 is 1.30 bits per heavy atom. The molecule has 2 aromatic rings. The van der Waals surface area contributed by atoms with Gasteiger partial charge in [-0.2, -0.15) is 18.3 Å². The van der Waals surface area contributed by atoms with Crippen LogP contribution in [0.5, 0.6) is 0 Å². The molecule has 0 aliphatic heterocycles. The zero-order valence-electron chi connectivity index (χ0n) is 10.9. The molecule has 0 radical (unpaired) electrons. The highest BCUT2D eigenvalue weighted by Crippen LogP contribution is 2.30. The van der Waals surface area contributed by atoms with Crippen LogP contribution >= 0.6 is 0 Å². The summed E-state index contributed by atoms with van der Waals surface area (Å²) in [6.45, 7) is 1.78. The molecule has 1 aromatic heterocycles. The Morgan fingerprint density at radius 3 is 2.55 bits per heavy atom. The van der Waals surface area contributed by atoms with Crippen LogP contribution in [0.3, 0.4) is 0 Å². The second kappa shape index (κ2) is 5.24. The van der Waals surface area contributed by atoms with Crippen LogP contribution in [0, 0.1) is 5.82 Å². The third-order valence-corrected chi connectivity index (χ3v) is 3.05. The van der Waals surface area contributed by atoms with Crippen molar-refractivity contribution >= 4 is 0 Å². The monoisotopic (exact) mass is 287 g/mol. The highest BCUT2D eigenvalue weighted by molar-refractivity contribution is 5.43. The van der Waals surface area contributed by atoms with Crippen molar-refractivity contribution in [3.63, 3.8) is 0 Å². The van der Waals surface area contributed by atoms with Crippen molar-refractivity contribution in [1.29, 1.82) is 0 Å². The van der Waals surface area contributed by atoms with Crippen LogP contribution in [0.1, 0.15) is 24.1 Å². The molecule has 0 saturated carbocycles. The minimum absolute atomic E-state index is 0.223. The van der Waals surface area contributed by atoms with Crippen LogP contribution in [0.15, 0.2) is 30.6 Å². The summed E-state index contributed by atoms with van der Waals surface area (Å²) in [5.41, 5.74) is 0.0953. The highest BCUT2D eigenvalue weighted by Gasteiger charge is 2.32. The minimum Gasteiger partial charge on any atom is -0.313 e. The molecule has 20 heavy (non-hydrogen) atoms. The van der Waals surface area contributed by atoms with Gasteiger partial charge in [-0.25, -0.2) is 9.07 Å². The van der Waals surface area contributed by atoms with Crippen molar-refractivity contribution in [3.8, 4) is 5.69 Å². The molecular weight excluding hydrogens is 274 g/mol. The van der Waals surface area contributed by atoms with E-state index in [1.165, 1.54) is 18.2 Å². The molecule has 1 aromatic carbocycles. The first kappa shape index (κ1) is 14.5. The van der Waals surface area contributed by atoms with Crippen molar-refractivity contribution in [3.05, 3.63) is 47.5 Å². The van der Waals surface area contributed by atoms with Crippen molar-refractivity contribution in [2.75, 3.05) is 7.05 Å². The van der Waals surface area contributed by atoms with E-state index >= 15 is 0 Å². The molecule has 0 saturated heterocycles. The smallest absolute Gasteiger partial charge is 0.313 e. The van der Waals surface area contributed by atoms with Crippen LogP contribution in [-0.2, 0) is 6.18 Å². The van der Waals surface area contributed by atoms with Gasteiger partial charge in [-0.05, 0) is 37.7 Å². The summed E-state index contributed by atoms with van der Waals surface area (Å²) >= 11 is 0. The number of nitrogens with one attached hydrogen (secondary N) is 1. The predicted molar refractivity (Wildman–Crippen MR) is 66.0 cm³/mol. The SMILES string of the molecule is CNC(C)c1cc(F)ccc1-n1cc(C(F)(F)F)cn1. The van der Waals surface area contributed by atoms with E-state index in [1.807, 2.05) is 0 Å². The molecule has 0 aliphatic carbocycles. The first-order chi connectivity index (χ1) is 9.32.